The van der Waals surface area contributed by atoms with Gasteiger partial charge in [-0.05, 0) is 48.4 Å². The molecule has 1 aromatic heterocycles. The molecule has 1 aliphatic heterocycles. The smallest absolute Gasteiger partial charge is 0.319 e. The molecular weight excluding hydrogens is 362 g/mol. The van der Waals surface area contributed by atoms with E-state index in [1.165, 1.54) is 11.3 Å². The molecule has 0 saturated carbocycles. The van der Waals surface area contributed by atoms with E-state index in [2.05, 4.69) is 26.1 Å². The van der Waals surface area contributed by atoms with Crippen LogP contribution in [0.3, 0.4) is 0 Å². The Morgan fingerprint density at radius 1 is 1.22 bits per heavy atom. The maximum atomic E-state index is 12.3. The molecule has 0 bridgehead atoms. The van der Waals surface area contributed by atoms with Gasteiger partial charge in [-0.1, -0.05) is 23.5 Å². The van der Waals surface area contributed by atoms with Crippen molar-refractivity contribution in [1.29, 1.82) is 0 Å². The molecule has 2 heterocycles. The van der Waals surface area contributed by atoms with Gasteiger partial charge in [0.25, 0.3) is 0 Å². The van der Waals surface area contributed by atoms with Gasteiger partial charge in [0.1, 0.15) is 10.5 Å². The highest BCUT2D eigenvalue weighted by atomic mass is 32.1. The van der Waals surface area contributed by atoms with E-state index in [1.54, 1.807) is 5.51 Å². The number of amides is 3. The first-order valence-corrected chi connectivity index (χ1v) is 9.33. The van der Waals surface area contributed by atoms with Gasteiger partial charge in [0, 0.05) is 16.9 Å². The molecule has 3 aromatic rings. The lowest BCUT2D eigenvalue weighted by Crippen LogP contribution is -2.31. The summed E-state index contributed by atoms with van der Waals surface area (Å²) in [6, 6.07) is 12.7. The number of nitrogens with one attached hydrogen (secondary N) is 3. The average molecular weight is 379 g/mol. The number of fused-ring (bicyclic) bond motifs is 1. The molecule has 8 heteroatoms. The molecule has 3 amide bonds. The fourth-order valence-electron chi connectivity index (χ4n) is 2.96. The lowest BCUT2D eigenvalue weighted by atomic mass is 10.0. The monoisotopic (exact) mass is 379 g/mol. The zero-order valence-corrected chi connectivity index (χ0v) is 15.3. The van der Waals surface area contributed by atoms with E-state index in [-0.39, 0.29) is 18.0 Å². The number of rotatable bonds is 4. The van der Waals surface area contributed by atoms with E-state index in [1.807, 2.05) is 49.4 Å². The van der Waals surface area contributed by atoms with Crippen LogP contribution in [0, 0.1) is 0 Å². The van der Waals surface area contributed by atoms with Gasteiger partial charge >= 0.3 is 6.03 Å². The Bertz CT molecular complexity index is 986. The number of urea groups is 1. The first-order valence-electron chi connectivity index (χ1n) is 8.45. The minimum Gasteiger partial charge on any atom is -0.331 e. The van der Waals surface area contributed by atoms with Crippen molar-refractivity contribution < 1.29 is 9.59 Å². The Balaban J connectivity index is 1.38. The van der Waals surface area contributed by atoms with Crippen LogP contribution in [-0.4, -0.2) is 22.1 Å². The number of benzene rings is 2. The quantitative estimate of drug-likeness (QED) is 0.645. The van der Waals surface area contributed by atoms with Crippen LogP contribution >= 0.6 is 11.3 Å². The second kappa shape index (κ2) is 7.16. The molecule has 0 spiro atoms. The number of aromatic nitrogens is 2. The average Bonchev–Trinajstić information content (AvgIpc) is 3.30. The maximum Gasteiger partial charge on any atom is 0.319 e. The summed E-state index contributed by atoms with van der Waals surface area (Å²) in [4.78, 5) is 23.8. The molecule has 0 aliphatic carbocycles. The van der Waals surface area contributed by atoms with Crippen molar-refractivity contribution >= 4 is 34.6 Å². The van der Waals surface area contributed by atoms with E-state index < -0.39 is 0 Å². The Morgan fingerprint density at radius 3 is 2.78 bits per heavy atom. The number of carbonyl (C=O) groups is 2. The van der Waals surface area contributed by atoms with Crippen molar-refractivity contribution in [3.05, 3.63) is 59.1 Å². The Hall–Kier alpha value is -3.26. The van der Waals surface area contributed by atoms with Gasteiger partial charge in [0.2, 0.25) is 5.91 Å². The van der Waals surface area contributed by atoms with Crippen LogP contribution in [0.4, 0.5) is 16.2 Å². The molecule has 1 atom stereocenters. The summed E-state index contributed by atoms with van der Waals surface area (Å²) in [6.07, 6.45) is 0.378. The lowest BCUT2D eigenvalue weighted by molar-refractivity contribution is -0.115. The highest BCUT2D eigenvalue weighted by Crippen LogP contribution is 2.26. The van der Waals surface area contributed by atoms with Gasteiger partial charge in [0.05, 0.1) is 12.5 Å². The second-order valence-electron chi connectivity index (χ2n) is 6.28. The van der Waals surface area contributed by atoms with Crippen LogP contribution in [0.5, 0.6) is 0 Å². The molecule has 7 nitrogen and oxygen atoms in total. The minimum absolute atomic E-state index is 0.00233. The van der Waals surface area contributed by atoms with E-state index in [4.69, 9.17) is 0 Å². The van der Waals surface area contributed by atoms with Gasteiger partial charge in [0.15, 0.2) is 0 Å². The first kappa shape index (κ1) is 17.2. The number of anilines is 2. The van der Waals surface area contributed by atoms with Gasteiger partial charge in [-0.15, -0.1) is 10.2 Å². The first-order chi connectivity index (χ1) is 13.1. The Morgan fingerprint density at radius 2 is 2.04 bits per heavy atom. The number of carbonyl (C=O) groups excluding carboxylic acids is 2. The molecular formula is C19H17N5O2S. The number of nitrogens with zero attached hydrogens (tertiary/aromatic N) is 2. The van der Waals surface area contributed by atoms with E-state index >= 15 is 0 Å². The third kappa shape index (κ3) is 3.80. The molecule has 1 unspecified atom stereocenters. The predicted octanol–water partition coefficient (Wildman–Crippen LogP) is 3.58. The molecule has 136 valence electrons. The van der Waals surface area contributed by atoms with Crippen molar-refractivity contribution in [2.45, 2.75) is 19.4 Å². The SMILES string of the molecule is CC(NC(=O)Nc1ccc(-c2nncs2)cc1)c1ccc2c(c1)CC(=O)N2. The molecule has 3 N–H and O–H groups in total. The molecule has 2 aromatic carbocycles. The highest BCUT2D eigenvalue weighted by Gasteiger charge is 2.19. The summed E-state index contributed by atoms with van der Waals surface area (Å²) in [5.74, 6) is -0.00233. The van der Waals surface area contributed by atoms with E-state index in [0.717, 1.165) is 27.4 Å². The fourth-order valence-corrected chi connectivity index (χ4v) is 3.52. The molecule has 27 heavy (non-hydrogen) atoms. The van der Waals surface area contributed by atoms with Gasteiger partial charge in [-0.25, -0.2) is 4.79 Å². The maximum absolute atomic E-state index is 12.3. The fraction of sp³-hybridized carbons (Fsp3) is 0.158. The third-order valence-electron chi connectivity index (χ3n) is 4.35. The molecule has 1 aliphatic rings. The zero-order chi connectivity index (χ0) is 18.8. The van der Waals surface area contributed by atoms with Crippen LogP contribution < -0.4 is 16.0 Å². The van der Waals surface area contributed by atoms with E-state index in [0.29, 0.717) is 12.1 Å². The standard InChI is InChI=1S/C19H17N5O2S/c1-11(13-4-7-16-14(8-13)9-17(25)23-16)21-19(26)22-15-5-2-12(3-6-15)18-24-20-10-27-18/h2-8,10-11H,9H2,1H3,(H,23,25)(H2,21,22,26). The Kier molecular flexibility index (Phi) is 4.55. The van der Waals surface area contributed by atoms with Crippen LogP contribution in [-0.2, 0) is 11.2 Å². The van der Waals surface area contributed by atoms with Crippen molar-refractivity contribution in [3.63, 3.8) is 0 Å². The van der Waals surface area contributed by atoms with Crippen LogP contribution in [0.25, 0.3) is 10.6 Å². The van der Waals surface area contributed by atoms with E-state index in [9.17, 15) is 9.59 Å². The van der Waals surface area contributed by atoms with Gasteiger partial charge in [-0.3, -0.25) is 4.79 Å². The van der Waals surface area contributed by atoms with Gasteiger partial charge < -0.3 is 16.0 Å². The van der Waals surface area contributed by atoms with Crippen molar-refractivity contribution in [2.75, 3.05) is 10.6 Å². The second-order valence-corrected chi connectivity index (χ2v) is 7.12. The lowest BCUT2D eigenvalue weighted by Gasteiger charge is -2.16. The number of hydrogen-bond acceptors (Lipinski definition) is 5. The zero-order valence-electron chi connectivity index (χ0n) is 14.5. The van der Waals surface area contributed by atoms with Gasteiger partial charge in [-0.2, -0.15) is 0 Å². The normalized spacial score (nSPS) is 13.6. The molecule has 0 fully saturated rings. The van der Waals surface area contributed by atoms with Crippen LogP contribution in [0.2, 0.25) is 0 Å². The summed E-state index contributed by atoms with van der Waals surface area (Å²) < 4.78 is 0. The molecule has 4 rings (SSSR count). The van der Waals surface area contributed by atoms with Crippen LogP contribution in [0.1, 0.15) is 24.1 Å². The number of hydrogen-bond donors (Lipinski definition) is 3. The van der Waals surface area contributed by atoms with Crippen LogP contribution in [0.15, 0.2) is 48.0 Å². The summed E-state index contributed by atoms with van der Waals surface area (Å²) in [7, 11) is 0. The van der Waals surface area contributed by atoms with Crippen molar-refractivity contribution in [1.82, 2.24) is 15.5 Å². The highest BCUT2D eigenvalue weighted by molar-refractivity contribution is 7.12. The Labute approximate surface area is 159 Å². The van der Waals surface area contributed by atoms with Crippen molar-refractivity contribution in [2.24, 2.45) is 0 Å². The summed E-state index contributed by atoms with van der Waals surface area (Å²) >= 11 is 1.46. The summed E-state index contributed by atoms with van der Waals surface area (Å²) in [5.41, 5.74) is 6.08. The largest absolute Gasteiger partial charge is 0.331 e. The summed E-state index contributed by atoms with van der Waals surface area (Å²) in [5, 5.41) is 17.2. The molecule has 0 radical (unpaired) electrons. The predicted molar refractivity (Wildman–Crippen MR) is 105 cm³/mol. The topological polar surface area (TPSA) is 96.0 Å². The minimum atomic E-state index is -0.291. The third-order valence-corrected chi connectivity index (χ3v) is 5.09. The summed E-state index contributed by atoms with van der Waals surface area (Å²) in [6.45, 7) is 1.91. The van der Waals surface area contributed by atoms with Crippen molar-refractivity contribution in [3.8, 4) is 10.6 Å². The molecule has 0 saturated heterocycles.